The molecule has 0 atom stereocenters. The Morgan fingerprint density at radius 1 is 1.53 bits per heavy atom. The third-order valence-electron chi connectivity index (χ3n) is 2.61. The zero-order valence-electron chi connectivity index (χ0n) is 10.4. The molecule has 1 amide bonds. The Hall–Kier alpha value is -2.44. The summed E-state index contributed by atoms with van der Waals surface area (Å²) in [4.78, 5) is 22.4. The zero-order valence-corrected chi connectivity index (χ0v) is 10.4. The van der Waals surface area contributed by atoms with E-state index in [9.17, 15) is 9.18 Å². The highest BCUT2D eigenvalue weighted by atomic mass is 19.1. The van der Waals surface area contributed by atoms with Crippen LogP contribution in [0.2, 0.25) is 0 Å². The molecule has 0 aliphatic heterocycles. The van der Waals surface area contributed by atoms with Crippen LogP contribution in [0.3, 0.4) is 0 Å². The summed E-state index contributed by atoms with van der Waals surface area (Å²) in [5.41, 5.74) is 0.885. The van der Waals surface area contributed by atoms with Gasteiger partial charge in [0.25, 0.3) is 5.91 Å². The van der Waals surface area contributed by atoms with Crippen LogP contribution >= 0.6 is 0 Å². The average Bonchev–Trinajstić information content (AvgIpc) is 2.92. The molecule has 0 fully saturated rings. The predicted molar refractivity (Wildman–Crippen MR) is 68.4 cm³/mol. The van der Waals surface area contributed by atoms with Crippen molar-refractivity contribution in [3.05, 3.63) is 41.9 Å². The highest BCUT2D eigenvalue weighted by Crippen LogP contribution is 2.14. The predicted octanol–water partition coefficient (Wildman–Crippen LogP) is 0.958. The first kappa shape index (κ1) is 13.0. The summed E-state index contributed by atoms with van der Waals surface area (Å²) in [5, 5.41) is 5.24. The van der Waals surface area contributed by atoms with E-state index in [1.165, 1.54) is 12.3 Å². The van der Waals surface area contributed by atoms with E-state index in [1.807, 2.05) is 0 Å². The lowest BCUT2D eigenvalue weighted by Gasteiger charge is -2.07. The molecule has 0 unspecified atom stereocenters. The molecule has 0 radical (unpaired) electrons. The maximum atomic E-state index is 13.8. The quantitative estimate of drug-likeness (QED) is 0.750. The minimum atomic E-state index is -0.649. The highest BCUT2D eigenvalue weighted by molar-refractivity contribution is 5.95. The summed E-state index contributed by atoms with van der Waals surface area (Å²) >= 11 is 0. The van der Waals surface area contributed by atoms with Crippen molar-refractivity contribution in [3.8, 4) is 0 Å². The number of carbonyl (C=O) groups is 1. The maximum absolute atomic E-state index is 13.8. The van der Waals surface area contributed by atoms with Gasteiger partial charge >= 0.3 is 0 Å². The molecule has 0 saturated heterocycles. The second-order valence-corrected chi connectivity index (χ2v) is 3.85. The van der Waals surface area contributed by atoms with Crippen LogP contribution in [-0.4, -0.2) is 34.5 Å². The van der Waals surface area contributed by atoms with Crippen molar-refractivity contribution in [2.24, 2.45) is 0 Å². The van der Waals surface area contributed by atoms with Gasteiger partial charge in [0.2, 0.25) is 0 Å². The molecule has 2 heterocycles. The van der Waals surface area contributed by atoms with E-state index in [0.717, 1.165) is 5.69 Å². The second-order valence-electron chi connectivity index (χ2n) is 3.85. The Kier molecular flexibility index (Phi) is 4.07. The van der Waals surface area contributed by atoms with Gasteiger partial charge in [0.1, 0.15) is 0 Å². The van der Waals surface area contributed by atoms with Crippen LogP contribution in [0.15, 0.2) is 24.8 Å². The molecule has 0 saturated carbocycles. The molecule has 2 rings (SSSR count). The molecule has 6 nitrogen and oxygen atoms in total. The molecular formula is C12H14FN5O. The average molecular weight is 263 g/mol. The van der Waals surface area contributed by atoms with Crippen molar-refractivity contribution < 1.29 is 9.18 Å². The van der Waals surface area contributed by atoms with Crippen LogP contribution in [0.25, 0.3) is 0 Å². The largest absolute Gasteiger partial charge is 0.371 e. The number of H-pyrrole nitrogens is 1. The first-order valence-electron chi connectivity index (χ1n) is 5.80. The number of hydrogen-bond donors (Lipinski definition) is 3. The number of rotatable bonds is 5. The van der Waals surface area contributed by atoms with Gasteiger partial charge in [0.15, 0.2) is 11.6 Å². The zero-order chi connectivity index (χ0) is 13.7. The minimum Gasteiger partial charge on any atom is -0.371 e. The molecule has 0 spiro atoms. The third kappa shape index (κ3) is 3.06. The monoisotopic (exact) mass is 263 g/mol. The van der Waals surface area contributed by atoms with Crippen LogP contribution in [-0.2, 0) is 6.42 Å². The number of imidazole rings is 1. The van der Waals surface area contributed by atoms with E-state index in [2.05, 4.69) is 25.6 Å². The fourth-order valence-corrected chi connectivity index (χ4v) is 1.62. The number of anilines is 1. The molecular weight excluding hydrogens is 249 g/mol. The fraction of sp³-hybridized carbons (Fsp3) is 0.250. The summed E-state index contributed by atoms with van der Waals surface area (Å²) in [5.74, 6) is -1.05. The minimum absolute atomic E-state index is 0.0241. The summed E-state index contributed by atoms with van der Waals surface area (Å²) < 4.78 is 13.8. The van der Waals surface area contributed by atoms with Gasteiger partial charge in [-0.25, -0.2) is 14.4 Å². The van der Waals surface area contributed by atoms with Crippen LogP contribution in [0, 0.1) is 5.82 Å². The summed E-state index contributed by atoms with van der Waals surface area (Å²) in [7, 11) is 1.55. The molecule has 100 valence electrons. The summed E-state index contributed by atoms with van der Waals surface area (Å²) in [6.45, 7) is 0.400. The number of nitrogens with zero attached hydrogens (tertiary/aromatic N) is 2. The Bertz CT molecular complexity index is 555. The lowest BCUT2D eigenvalue weighted by molar-refractivity contribution is 0.0950. The first-order valence-corrected chi connectivity index (χ1v) is 5.80. The van der Waals surface area contributed by atoms with E-state index in [1.54, 1.807) is 19.6 Å². The molecule has 0 bridgehead atoms. The van der Waals surface area contributed by atoms with Gasteiger partial charge in [-0.05, 0) is 6.07 Å². The Morgan fingerprint density at radius 2 is 2.37 bits per heavy atom. The van der Waals surface area contributed by atoms with Crippen LogP contribution < -0.4 is 10.6 Å². The molecule has 0 aliphatic carbocycles. The lowest BCUT2D eigenvalue weighted by atomic mass is 10.2. The smallest absolute Gasteiger partial charge is 0.254 e. The molecule has 7 heteroatoms. The van der Waals surface area contributed by atoms with Gasteiger partial charge in [-0.15, -0.1) is 0 Å². The second kappa shape index (κ2) is 5.94. The Balaban J connectivity index is 1.96. The van der Waals surface area contributed by atoms with Gasteiger partial charge in [-0.2, -0.15) is 0 Å². The standard InChI is InChI=1S/C12H14FN5O/c1-14-11-10(13)9(3-5-16-11)12(19)17-4-2-8-6-15-7-18-8/h3,5-7H,2,4H2,1H3,(H,14,16)(H,15,18)(H,17,19). The number of aromatic amines is 1. The highest BCUT2D eigenvalue weighted by Gasteiger charge is 2.14. The molecule has 19 heavy (non-hydrogen) atoms. The van der Waals surface area contributed by atoms with Crippen molar-refractivity contribution in [3.63, 3.8) is 0 Å². The normalized spacial score (nSPS) is 10.2. The number of hydrogen-bond acceptors (Lipinski definition) is 4. The molecule has 2 aromatic rings. The topological polar surface area (TPSA) is 82.7 Å². The van der Waals surface area contributed by atoms with Crippen molar-refractivity contribution in [1.29, 1.82) is 0 Å². The summed E-state index contributed by atoms with van der Waals surface area (Å²) in [6, 6.07) is 1.35. The van der Waals surface area contributed by atoms with Crippen LogP contribution in [0.5, 0.6) is 0 Å². The van der Waals surface area contributed by atoms with Crippen molar-refractivity contribution in [2.45, 2.75) is 6.42 Å². The number of pyridine rings is 1. The first-order chi connectivity index (χ1) is 9.22. The third-order valence-corrected chi connectivity index (χ3v) is 2.61. The van der Waals surface area contributed by atoms with Crippen molar-refractivity contribution in [1.82, 2.24) is 20.3 Å². The van der Waals surface area contributed by atoms with Gasteiger partial charge in [0.05, 0.1) is 11.9 Å². The number of halogens is 1. The van der Waals surface area contributed by atoms with Crippen LogP contribution in [0.1, 0.15) is 16.1 Å². The Labute approximate surface area is 109 Å². The van der Waals surface area contributed by atoms with E-state index in [0.29, 0.717) is 13.0 Å². The van der Waals surface area contributed by atoms with E-state index < -0.39 is 11.7 Å². The SMILES string of the molecule is CNc1nccc(C(=O)NCCc2cnc[nH]2)c1F. The number of aromatic nitrogens is 3. The van der Waals surface area contributed by atoms with Gasteiger partial charge in [-0.3, -0.25) is 4.79 Å². The lowest BCUT2D eigenvalue weighted by Crippen LogP contribution is -2.27. The number of nitrogens with one attached hydrogen (secondary N) is 3. The van der Waals surface area contributed by atoms with E-state index >= 15 is 0 Å². The summed E-state index contributed by atoms with van der Waals surface area (Å²) in [6.07, 6.45) is 5.24. The van der Waals surface area contributed by atoms with Gasteiger partial charge < -0.3 is 15.6 Å². The molecule has 3 N–H and O–H groups in total. The molecule has 0 aliphatic rings. The van der Waals surface area contributed by atoms with E-state index in [-0.39, 0.29) is 11.4 Å². The maximum Gasteiger partial charge on any atom is 0.254 e. The molecule has 0 aromatic carbocycles. The number of amides is 1. The van der Waals surface area contributed by atoms with Crippen molar-refractivity contribution in [2.75, 3.05) is 18.9 Å². The van der Waals surface area contributed by atoms with Crippen molar-refractivity contribution >= 4 is 11.7 Å². The Morgan fingerprint density at radius 3 is 3.05 bits per heavy atom. The fourth-order valence-electron chi connectivity index (χ4n) is 1.62. The molecule has 2 aromatic heterocycles. The van der Waals surface area contributed by atoms with E-state index in [4.69, 9.17) is 0 Å². The van der Waals surface area contributed by atoms with Crippen LogP contribution in [0.4, 0.5) is 10.2 Å². The van der Waals surface area contributed by atoms with Gasteiger partial charge in [0, 0.05) is 38.1 Å². The number of carbonyl (C=O) groups excluding carboxylic acids is 1. The van der Waals surface area contributed by atoms with Gasteiger partial charge in [-0.1, -0.05) is 0 Å².